The van der Waals surface area contributed by atoms with Crippen LogP contribution in [0.25, 0.3) is 0 Å². The molecule has 1 unspecified atom stereocenters. The molecule has 2 aliphatic heterocycles. The van der Waals surface area contributed by atoms with E-state index in [-0.39, 0.29) is 0 Å². The zero-order chi connectivity index (χ0) is 11.4. The molecule has 2 fully saturated rings. The molecule has 0 spiro atoms. The summed E-state index contributed by atoms with van der Waals surface area (Å²) in [5.41, 5.74) is 0. The van der Waals surface area contributed by atoms with Crippen LogP contribution in [0.5, 0.6) is 0 Å². The molecule has 2 rings (SSSR count). The van der Waals surface area contributed by atoms with Gasteiger partial charge in [-0.05, 0) is 38.8 Å². The lowest BCUT2D eigenvalue weighted by atomic mass is 10.0. The number of amides is 1. The molecular weight excluding hydrogens is 200 g/mol. The van der Waals surface area contributed by atoms with Crippen LogP contribution in [-0.2, 0) is 4.79 Å². The van der Waals surface area contributed by atoms with Crippen LogP contribution in [0.15, 0.2) is 0 Å². The Morgan fingerprint density at radius 3 is 2.38 bits per heavy atom. The third-order valence-electron chi connectivity index (χ3n) is 3.91. The van der Waals surface area contributed by atoms with Crippen molar-refractivity contribution in [2.45, 2.75) is 38.5 Å². The van der Waals surface area contributed by atoms with E-state index in [2.05, 4.69) is 16.8 Å². The molecule has 1 atom stereocenters. The summed E-state index contributed by atoms with van der Waals surface area (Å²) in [6.07, 6.45) is 7.00. The number of carbonyl (C=O) groups excluding carboxylic acids is 1. The van der Waals surface area contributed by atoms with Gasteiger partial charge in [-0.25, -0.2) is 0 Å². The molecule has 3 heteroatoms. The Morgan fingerprint density at radius 1 is 1.12 bits per heavy atom. The zero-order valence-corrected chi connectivity index (χ0v) is 10.5. The van der Waals surface area contributed by atoms with Gasteiger partial charge in [0.05, 0.1) is 0 Å². The van der Waals surface area contributed by atoms with Crippen LogP contribution in [0.1, 0.15) is 38.5 Å². The summed E-state index contributed by atoms with van der Waals surface area (Å²) in [6.45, 7) is 4.28. The normalized spacial score (nSPS) is 28.1. The lowest BCUT2D eigenvalue weighted by Crippen LogP contribution is -2.33. The first-order valence-corrected chi connectivity index (χ1v) is 6.72. The van der Waals surface area contributed by atoms with Crippen molar-refractivity contribution < 1.29 is 4.79 Å². The largest absolute Gasteiger partial charge is 0.343 e. The molecular formula is C13H24N2O. The Balaban J connectivity index is 1.77. The quantitative estimate of drug-likeness (QED) is 0.713. The van der Waals surface area contributed by atoms with Crippen LogP contribution in [0.2, 0.25) is 0 Å². The monoisotopic (exact) mass is 224 g/mol. The number of hydrogen-bond acceptors (Lipinski definition) is 2. The highest BCUT2D eigenvalue weighted by atomic mass is 16.2. The molecule has 0 bridgehead atoms. The molecule has 2 aliphatic rings. The van der Waals surface area contributed by atoms with Crippen LogP contribution in [0, 0.1) is 5.92 Å². The SMILES string of the molecule is CN1CCC(CC(=O)N2CCCCCC2)C1. The summed E-state index contributed by atoms with van der Waals surface area (Å²) in [7, 11) is 2.15. The van der Waals surface area contributed by atoms with Crippen molar-refractivity contribution >= 4 is 5.91 Å². The predicted octanol–water partition coefficient (Wildman–Crippen LogP) is 1.73. The Bertz CT molecular complexity index is 234. The average molecular weight is 224 g/mol. The predicted molar refractivity (Wildman–Crippen MR) is 65.3 cm³/mol. The summed E-state index contributed by atoms with van der Waals surface area (Å²) in [5.74, 6) is 1.02. The second-order valence-corrected chi connectivity index (χ2v) is 5.42. The minimum Gasteiger partial charge on any atom is -0.343 e. The summed E-state index contributed by atoms with van der Waals surface area (Å²) in [5, 5.41) is 0. The standard InChI is InChI=1S/C13H24N2O/c1-14-9-6-12(11-14)10-13(16)15-7-4-2-3-5-8-15/h12H,2-11H2,1H3. The van der Waals surface area contributed by atoms with Gasteiger partial charge in [-0.2, -0.15) is 0 Å². The zero-order valence-electron chi connectivity index (χ0n) is 10.5. The van der Waals surface area contributed by atoms with Gasteiger partial charge in [-0.15, -0.1) is 0 Å². The Morgan fingerprint density at radius 2 is 1.81 bits per heavy atom. The number of nitrogens with zero attached hydrogens (tertiary/aromatic N) is 2. The Kier molecular flexibility index (Phi) is 4.22. The topological polar surface area (TPSA) is 23.6 Å². The van der Waals surface area contributed by atoms with E-state index in [4.69, 9.17) is 0 Å². The van der Waals surface area contributed by atoms with E-state index >= 15 is 0 Å². The van der Waals surface area contributed by atoms with Gasteiger partial charge in [0.25, 0.3) is 0 Å². The first-order chi connectivity index (χ1) is 7.75. The molecule has 0 aromatic carbocycles. The van der Waals surface area contributed by atoms with Crippen molar-refractivity contribution in [3.63, 3.8) is 0 Å². The van der Waals surface area contributed by atoms with E-state index in [0.717, 1.165) is 32.6 Å². The second kappa shape index (κ2) is 5.67. The van der Waals surface area contributed by atoms with E-state index in [1.807, 2.05) is 0 Å². The van der Waals surface area contributed by atoms with Crippen molar-refractivity contribution in [3.05, 3.63) is 0 Å². The van der Waals surface area contributed by atoms with E-state index < -0.39 is 0 Å². The summed E-state index contributed by atoms with van der Waals surface area (Å²) in [6, 6.07) is 0. The van der Waals surface area contributed by atoms with Gasteiger partial charge in [0.15, 0.2) is 0 Å². The number of hydrogen-bond donors (Lipinski definition) is 0. The lowest BCUT2D eigenvalue weighted by molar-refractivity contribution is -0.132. The summed E-state index contributed by atoms with van der Waals surface area (Å²) in [4.78, 5) is 16.6. The molecule has 0 N–H and O–H groups in total. The van der Waals surface area contributed by atoms with Crippen molar-refractivity contribution in [1.82, 2.24) is 9.80 Å². The highest BCUT2D eigenvalue weighted by Gasteiger charge is 2.24. The smallest absolute Gasteiger partial charge is 0.222 e. The van der Waals surface area contributed by atoms with Crippen molar-refractivity contribution in [3.8, 4) is 0 Å². The van der Waals surface area contributed by atoms with Crippen LogP contribution >= 0.6 is 0 Å². The maximum atomic E-state index is 12.1. The molecule has 2 saturated heterocycles. The molecule has 3 nitrogen and oxygen atoms in total. The minimum atomic E-state index is 0.405. The first kappa shape index (κ1) is 11.9. The second-order valence-electron chi connectivity index (χ2n) is 5.42. The molecule has 2 heterocycles. The van der Waals surface area contributed by atoms with E-state index in [1.54, 1.807) is 0 Å². The van der Waals surface area contributed by atoms with E-state index in [9.17, 15) is 4.79 Å². The maximum Gasteiger partial charge on any atom is 0.222 e. The minimum absolute atomic E-state index is 0.405. The van der Waals surface area contributed by atoms with Crippen molar-refractivity contribution in [2.75, 3.05) is 33.2 Å². The Hall–Kier alpha value is -0.570. The lowest BCUT2D eigenvalue weighted by Gasteiger charge is -2.22. The molecule has 92 valence electrons. The fourth-order valence-electron chi connectivity index (χ4n) is 2.89. The molecule has 0 aromatic rings. The van der Waals surface area contributed by atoms with Gasteiger partial charge in [-0.3, -0.25) is 4.79 Å². The fourth-order valence-corrected chi connectivity index (χ4v) is 2.89. The number of carbonyl (C=O) groups is 1. The van der Waals surface area contributed by atoms with E-state index in [1.165, 1.54) is 32.1 Å². The van der Waals surface area contributed by atoms with Crippen LogP contribution in [0.3, 0.4) is 0 Å². The molecule has 0 radical (unpaired) electrons. The van der Waals surface area contributed by atoms with Crippen LogP contribution in [-0.4, -0.2) is 48.9 Å². The van der Waals surface area contributed by atoms with Gasteiger partial charge < -0.3 is 9.80 Å². The number of rotatable bonds is 2. The van der Waals surface area contributed by atoms with Gasteiger partial charge in [0.1, 0.15) is 0 Å². The van der Waals surface area contributed by atoms with Crippen molar-refractivity contribution in [2.24, 2.45) is 5.92 Å². The molecule has 0 saturated carbocycles. The van der Waals surface area contributed by atoms with Gasteiger partial charge >= 0.3 is 0 Å². The summed E-state index contributed by atoms with van der Waals surface area (Å²) >= 11 is 0. The molecule has 1 amide bonds. The van der Waals surface area contributed by atoms with Crippen molar-refractivity contribution in [1.29, 1.82) is 0 Å². The molecule has 0 aromatic heterocycles. The maximum absolute atomic E-state index is 12.1. The van der Waals surface area contributed by atoms with Crippen LogP contribution < -0.4 is 0 Å². The highest BCUT2D eigenvalue weighted by Crippen LogP contribution is 2.20. The van der Waals surface area contributed by atoms with Gasteiger partial charge in [-0.1, -0.05) is 12.8 Å². The van der Waals surface area contributed by atoms with Crippen LogP contribution in [0.4, 0.5) is 0 Å². The third kappa shape index (κ3) is 3.21. The Labute approximate surface area is 98.8 Å². The number of likely N-dealkylation sites (tertiary alicyclic amines) is 2. The average Bonchev–Trinajstić information content (AvgIpc) is 2.56. The third-order valence-corrected chi connectivity index (χ3v) is 3.91. The van der Waals surface area contributed by atoms with E-state index in [0.29, 0.717) is 11.8 Å². The first-order valence-electron chi connectivity index (χ1n) is 6.72. The highest BCUT2D eigenvalue weighted by molar-refractivity contribution is 5.76. The summed E-state index contributed by atoms with van der Waals surface area (Å²) < 4.78 is 0. The molecule has 16 heavy (non-hydrogen) atoms. The fraction of sp³-hybridized carbons (Fsp3) is 0.923. The van der Waals surface area contributed by atoms with Gasteiger partial charge in [0, 0.05) is 26.1 Å². The molecule has 0 aliphatic carbocycles. The van der Waals surface area contributed by atoms with Gasteiger partial charge in [0.2, 0.25) is 5.91 Å².